The van der Waals surface area contributed by atoms with Crippen LogP contribution in [0.15, 0.2) is 11.6 Å². The molecule has 3 aliphatic rings. The summed E-state index contributed by atoms with van der Waals surface area (Å²) < 4.78 is 11.1. The van der Waals surface area contributed by atoms with Crippen LogP contribution in [0.3, 0.4) is 0 Å². The Morgan fingerprint density at radius 3 is 2.18 bits per heavy atom. The molecule has 2 radical (unpaired) electrons. The molecule has 1 aliphatic heterocycles. The predicted octanol–water partition coefficient (Wildman–Crippen LogP) is -0.147. The standard InChI is InChI=1S/C23H36O9.2Ac/c1-11-8-20(4,5)23(30,9-14(11)26)19(32-13(3)25)17-21(6,18(28)12(2)24)15(27)7-16-22(17,29)10-31-16;;/h8,12,14-17,19,24,26-27,29-30H,7,9-10H2,1-6H3;;/t12-,14+,15+,16-,17+,19+,21-,22+,23-;;/m1../s1. The van der Waals surface area contributed by atoms with Crippen LogP contribution in [0.2, 0.25) is 0 Å². The Labute approximate surface area is 272 Å². The average Bonchev–Trinajstić information content (AvgIpc) is 2.66. The molecule has 0 unspecified atom stereocenters. The molecule has 2 aliphatic carbocycles. The van der Waals surface area contributed by atoms with Crippen LogP contribution in [0, 0.1) is 105 Å². The number of aliphatic hydroxyl groups is 5. The fourth-order valence-corrected chi connectivity index (χ4v) is 6.06. The van der Waals surface area contributed by atoms with Crippen LogP contribution in [0.5, 0.6) is 0 Å². The van der Waals surface area contributed by atoms with E-state index in [4.69, 9.17) is 9.47 Å². The fourth-order valence-electron chi connectivity index (χ4n) is 6.06. The number of aliphatic hydroxyl groups excluding tert-OH is 3. The maximum absolute atomic E-state index is 13.3. The van der Waals surface area contributed by atoms with Gasteiger partial charge in [-0.15, -0.1) is 0 Å². The summed E-state index contributed by atoms with van der Waals surface area (Å²) in [7, 11) is 0. The van der Waals surface area contributed by atoms with Gasteiger partial charge < -0.3 is 35.0 Å². The van der Waals surface area contributed by atoms with Gasteiger partial charge in [0.15, 0.2) is 5.78 Å². The molecule has 34 heavy (non-hydrogen) atoms. The van der Waals surface area contributed by atoms with E-state index in [9.17, 15) is 35.1 Å². The summed E-state index contributed by atoms with van der Waals surface area (Å²) in [5.74, 6) is -2.81. The molecule has 11 heteroatoms. The van der Waals surface area contributed by atoms with Crippen molar-refractivity contribution < 1.29 is 133 Å². The van der Waals surface area contributed by atoms with Crippen LogP contribution >= 0.6 is 0 Å². The van der Waals surface area contributed by atoms with E-state index in [-0.39, 0.29) is 108 Å². The van der Waals surface area contributed by atoms with E-state index in [1.807, 2.05) is 0 Å². The first-order valence-corrected chi connectivity index (χ1v) is 11.0. The Hall–Kier alpha value is 1.52. The molecular weight excluding hydrogens is 874 g/mol. The SMILES string of the molecule is CC(=O)O[C@@H]([C@@H]1[C@]2(O)CO[C@@H]2C[C@H](O)[C@@]1(C)C(=O)[C@@H](C)O)[C@]1(O)C[C@H](O)C(C)=CC1(C)C.[Ac].[Ac]. The normalized spacial score (nSPS) is 42.4. The molecule has 9 atom stereocenters. The number of esters is 1. The van der Waals surface area contributed by atoms with E-state index in [0.29, 0.717) is 5.57 Å². The Morgan fingerprint density at radius 1 is 1.18 bits per heavy atom. The zero-order valence-corrected chi connectivity index (χ0v) is 30.2. The summed E-state index contributed by atoms with van der Waals surface area (Å²) in [6.07, 6.45) is -4.77. The zero-order chi connectivity index (χ0) is 24.4. The van der Waals surface area contributed by atoms with Crippen molar-refractivity contribution in [3.8, 4) is 0 Å². The fraction of sp³-hybridized carbons (Fsp3) is 0.826. The maximum atomic E-state index is 13.3. The van der Waals surface area contributed by atoms with E-state index in [1.165, 1.54) is 13.8 Å². The van der Waals surface area contributed by atoms with Crippen molar-refractivity contribution in [1.82, 2.24) is 0 Å². The maximum Gasteiger partial charge on any atom is 0.303 e. The van der Waals surface area contributed by atoms with E-state index in [2.05, 4.69) is 0 Å². The number of ether oxygens (including phenoxy) is 2. The number of Topliss-reactive ketones (excluding diaryl/α,β-unsaturated/α-hetero) is 1. The van der Waals surface area contributed by atoms with Gasteiger partial charge in [-0.3, -0.25) is 9.59 Å². The molecule has 5 N–H and O–H groups in total. The Kier molecular flexibility index (Phi) is 11.2. The smallest absolute Gasteiger partial charge is 0.303 e. The summed E-state index contributed by atoms with van der Waals surface area (Å²) in [4.78, 5) is 25.5. The van der Waals surface area contributed by atoms with Gasteiger partial charge in [-0.1, -0.05) is 19.9 Å². The van der Waals surface area contributed by atoms with Crippen LogP contribution in [0.25, 0.3) is 0 Å². The molecule has 1 saturated heterocycles. The molecule has 0 aromatic heterocycles. The van der Waals surface area contributed by atoms with Crippen molar-refractivity contribution in [2.24, 2.45) is 16.7 Å². The van der Waals surface area contributed by atoms with Gasteiger partial charge in [0.25, 0.3) is 0 Å². The summed E-state index contributed by atoms with van der Waals surface area (Å²) in [6.45, 7) is 8.79. The summed E-state index contributed by atoms with van der Waals surface area (Å²) in [6, 6.07) is 0. The number of carbonyl (C=O) groups excluding carboxylic acids is 2. The summed E-state index contributed by atoms with van der Waals surface area (Å²) in [5.41, 5.74) is -5.78. The van der Waals surface area contributed by atoms with E-state index < -0.39 is 70.2 Å². The third-order valence-corrected chi connectivity index (χ3v) is 8.10. The molecule has 188 valence electrons. The molecule has 1 heterocycles. The van der Waals surface area contributed by atoms with Crippen LogP contribution in [0.1, 0.15) is 54.4 Å². The predicted molar refractivity (Wildman–Crippen MR) is 112 cm³/mol. The van der Waals surface area contributed by atoms with Crippen LogP contribution in [-0.2, 0) is 19.1 Å². The minimum atomic E-state index is -1.91. The second kappa shape index (κ2) is 11.3. The molecule has 3 rings (SSSR count). The average molecular weight is 911 g/mol. The molecule has 0 bridgehead atoms. The van der Waals surface area contributed by atoms with Gasteiger partial charge in [0.05, 0.1) is 30.3 Å². The van der Waals surface area contributed by atoms with Gasteiger partial charge in [-0.05, 0) is 26.3 Å². The van der Waals surface area contributed by atoms with E-state index in [0.717, 1.165) is 6.92 Å². The van der Waals surface area contributed by atoms with Crippen molar-refractivity contribution in [3.63, 3.8) is 0 Å². The number of hydrogen-bond donors (Lipinski definition) is 5. The van der Waals surface area contributed by atoms with Gasteiger partial charge in [0.2, 0.25) is 0 Å². The van der Waals surface area contributed by atoms with Gasteiger partial charge in [0, 0.05) is 119 Å². The van der Waals surface area contributed by atoms with Crippen molar-refractivity contribution in [2.75, 3.05) is 6.61 Å². The minimum Gasteiger partial charge on any atom is -0.459 e. The quantitative estimate of drug-likeness (QED) is 0.188. The second-order valence-corrected chi connectivity index (χ2v) is 10.6. The molecule has 0 aromatic rings. The van der Waals surface area contributed by atoms with Gasteiger partial charge in [-0.25, -0.2) is 0 Å². The first-order valence-electron chi connectivity index (χ1n) is 11.0. The molecule has 0 spiro atoms. The molecule has 0 aromatic carbocycles. The van der Waals surface area contributed by atoms with E-state index >= 15 is 0 Å². The van der Waals surface area contributed by atoms with E-state index in [1.54, 1.807) is 26.8 Å². The first-order chi connectivity index (χ1) is 14.5. The number of ketones is 1. The van der Waals surface area contributed by atoms with Crippen molar-refractivity contribution in [1.29, 1.82) is 0 Å². The third kappa shape index (κ3) is 5.21. The zero-order valence-electron chi connectivity index (χ0n) is 20.7. The van der Waals surface area contributed by atoms with Gasteiger partial charge in [-0.2, -0.15) is 0 Å². The molecule has 1 saturated carbocycles. The number of carbonyl (C=O) groups is 2. The molecule has 0 amide bonds. The van der Waals surface area contributed by atoms with Crippen LogP contribution < -0.4 is 0 Å². The molecular formula is C23H36Ac2O9. The molecule has 2 fully saturated rings. The molecule has 9 nitrogen and oxygen atoms in total. The van der Waals surface area contributed by atoms with Crippen LogP contribution in [0.4, 0.5) is 0 Å². The number of hydrogen-bond acceptors (Lipinski definition) is 9. The van der Waals surface area contributed by atoms with Crippen LogP contribution in [-0.4, -0.2) is 85.6 Å². The largest absolute Gasteiger partial charge is 0.459 e. The Bertz CT molecular complexity index is 831. The first kappa shape index (κ1) is 33.6. The van der Waals surface area contributed by atoms with Crippen molar-refractivity contribution >= 4 is 11.8 Å². The van der Waals surface area contributed by atoms with Gasteiger partial charge >= 0.3 is 5.97 Å². The van der Waals surface area contributed by atoms with Gasteiger partial charge in [0.1, 0.15) is 23.4 Å². The Morgan fingerprint density at radius 2 is 1.74 bits per heavy atom. The van der Waals surface area contributed by atoms with Crippen molar-refractivity contribution in [3.05, 3.63) is 11.6 Å². The number of fused-ring (bicyclic) bond motifs is 1. The number of rotatable bonds is 5. The Balaban J connectivity index is 0.00000289. The second-order valence-electron chi connectivity index (χ2n) is 10.6. The monoisotopic (exact) mass is 910 g/mol. The van der Waals surface area contributed by atoms with Crippen molar-refractivity contribution in [2.45, 2.75) is 96.1 Å². The minimum absolute atomic E-state index is 0. The summed E-state index contributed by atoms with van der Waals surface area (Å²) in [5, 5.41) is 55.5. The topological polar surface area (TPSA) is 154 Å². The summed E-state index contributed by atoms with van der Waals surface area (Å²) >= 11 is 0. The third-order valence-electron chi connectivity index (χ3n) is 8.10.